The van der Waals surface area contributed by atoms with E-state index >= 15 is 0 Å². The molecule has 0 aliphatic rings. The van der Waals surface area contributed by atoms with Crippen LogP contribution in [0.4, 0.5) is 0 Å². The molecule has 1 atom stereocenters. The molecule has 6 heteroatoms. The van der Waals surface area contributed by atoms with Gasteiger partial charge in [-0.3, -0.25) is 9.78 Å². The molecule has 3 aromatic rings. The first-order valence-corrected chi connectivity index (χ1v) is 7.45. The number of ether oxygens (including phenoxy) is 1. The van der Waals surface area contributed by atoms with Crippen LogP contribution in [0.1, 0.15) is 33.5 Å². The first-order chi connectivity index (χ1) is 11.7. The van der Waals surface area contributed by atoms with Gasteiger partial charge >= 0.3 is 0 Å². The second-order valence-corrected chi connectivity index (χ2v) is 5.16. The van der Waals surface area contributed by atoms with Gasteiger partial charge in [-0.15, -0.1) is 0 Å². The Labute approximate surface area is 139 Å². The van der Waals surface area contributed by atoms with Crippen LogP contribution in [-0.2, 0) is 0 Å². The van der Waals surface area contributed by atoms with Gasteiger partial charge in [0.05, 0.1) is 12.8 Å². The average Bonchev–Trinajstić information content (AvgIpc) is 3.06. The summed E-state index contributed by atoms with van der Waals surface area (Å²) in [7, 11) is 1.60. The van der Waals surface area contributed by atoms with E-state index in [1.54, 1.807) is 20.2 Å². The van der Waals surface area contributed by atoms with Crippen LogP contribution >= 0.6 is 0 Å². The van der Waals surface area contributed by atoms with E-state index in [0.29, 0.717) is 17.2 Å². The Bertz CT molecular complexity index is 830. The van der Waals surface area contributed by atoms with Crippen LogP contribution < -0.4 is 10.1 Å². The summed E-state index contributed by atoms with van der Waals surface area (Å²) in [6.45, 7) is 1.70. The largest absolute Gasteiger partial charge is 0.496 e. The minimum absolute atomic E-state index is 0.255. The Morgan fingerprint density at radius 2 is 1.96 bits per heavy atom. The molecule has 2 aromatic heterocycles. The first-order valence-electron chi connectivity index (χ1n) is 7.45. The third-order valence-electron chi connectivity index (χ3n) is 3.67. The highest BCUT2D eigenvalue weighted by molar-refractivity contribution is 5.93. The van der Waals surface area contributed by atoms with Crippen LogP contribution in [-0.4, -0.2) is 23.0 Å². The quantitative estimate of drug-likeness (QED) is 0.781. The number of aryl methyl sites for hydroxylation is 1. The number of hydrogen-bond acceptors (Lipinski definition) is 5. The molecular weight excluding hydrogens is 306 g/mol. The van der Waals surface area contributed by atoms with Crippen molar-refractivity contribution in [2.24, 2.45) is 0 Å². The van der Waals surface area contributed by atoms with Crippen molar-refractivity contribution in [3.63, 3.8) is 0 Å². The maximum Gasteiger partial charge on any atom is 0.274 e. The SMILES string of the molecule is COc1ccccc1[C@H](NC(=O)c1ncoc1C)c1ccccn1. The average molecular weight is 323 g/mol. The Morgan fingerprint density at radius 1 is 1.17 bits per heavy atom. The zero-order chi connectivity index (χ0) is 16.9. The predicted molar refractivity (Wildman–Crippen MR) is 87.8 cm³/mol. The minimum atomic E-state index is -0.467. The van der Waals surface area contributed by atoms with Gasteiger partial charge in [0.15, 0.2) is 12.1 Å². The smallest absolute Gasteiger partial charge is 0.274 e. The van der Waals surface area contributed by atoms with Gasteiger partial charge in [0.25, 0.3) is 5.91 Å². The van der Waals surface area contributed by atoms with Crippen LogP contribution in [0.25, 0.3) is 0 Å². The molecule has 0 fully saturated rings. The van der Waals surface area contributed by atoms with E-state index in [-0.39, 0.29) is 11.6 Å². The number of para-hydroxylation sites is 1. The van der Waals surface area contributed by atoms with Gasteiger partial charge in [0.1, 0.15) is 17.6 Å². The van der Waals surface area contributed by atoms with Crippen molar-refractivity contribution in [2.45, 2.75) is 13.0 Å². The highest BCUT2D eigenvalue weighted by Crippen LogP contribution is 2.29. The fourth-order valence-electron chi connectivity index (χ4n) is 2.49. The van der Waals surface area contributed by atoms with Crippen molar-refractivity contribution in [3.8, 4) is 5.75 Å². The van der Waals surface area contributed by atoms with Gasteiger partial charge in [-0.1, -0.05) is 24.3 Å². The van der Waals surface area contributed by atoms with Gasteiger partial charge < -0.3 is 14.5 Å². The highest BCUT2D eigenvalue weighted by Gasteiger charge is 2.24. The van der Waals surface area contributed by atoms with Gasteiger partial charge in [-0.2, -0.15) is 0 Å². The van der Waals surface area contributed by atoms with Crippen molar-refractivity contribution in [3.05, 3.63) is 77.8 Å². The standard InChI is InChI=1S/C18H17N3O3/c1-12-16(20-11-24-12)18(22)21-17(14-8-5-6-10-19-14)13-7-3-4-9-15(13)23-2/h3-11,17H,1-2H3,(H,21,22)/t17-/m0/s1. The predicted octanol–water partition coefficient (Wildman–Crippen LogP) is 2.91. The number of amides is 1. The molecule has 1 aromatic carbocycles. The normalized spacial score (nSPS) is 11.8. The van der Waals surface area contributed by atoms with Crippen molar-refractivity contribution in [1.82, 2.24) is 15.3 Å². The number of methoxy groups -OCH3 is 1. The molecular formula is C18H17N3O3. The molecule has 2 heterocycles. The molecule has 3 rings (SSSR count). The van der Waals surface area contributed by atoms with E-state index in [1.165, 1.54) is 6.39 Å². The van der Waals surface area contributed by atoms with E-state index in [2.05, 4.69) is 15.3 Å². The lowest BCUT2D eigenvalue weighted by Crippen LogP contribution is -2.30. The van der Waals surface area contributed by atoms with Crippen LogP contribution in [0, 0.1) is 6.92 Å². The summed E-state index contributed by atoms with van der Waals surface area (Å²) in [5, 5.41) is 2.96. The highest BCUT2D eigenvalue weighted by atomic mass is 16.5. The van der Waals surface area contributed by atoms with E-state index < -0.39 is 6.04 Å². The van der Waals surface area contributed by atoms with Crippen molar-refractivity contribution in [1.29, 1.82) is 0 Å². The molecule has 1 amide bonds. The third-order valence-corrected chi connectivity index (χ3v) is 3.67. The Kier molecular flexibility index (Phi) is 4.56. The maximum absolute atomic E-state index is 12.6. The van der Waals surface area contributed by atoms with Crippen LogP contribution in [0.2, 0.25) is 0 Å². The maximum atomic E-state index is 12.6. The molecule has 0 saturated heterocycles. The number of carbonyl (C=O) groups excluding carboxylic acids is 1. The number of nitrogens with zero attached hydrogens (tertiary/aromatic N) is 2. The molecule has 0 spiro atoms. The number of nitrogens with one attached hydrogen (secondary N) is 1. The van der Waals surface area contributed by atoms with E-state index in [0.717, 1.165) is 5.56 Å². The summed E-state index contributed by atoms with van der Waals surface area (Å²) < 4.78 is 10.5. The van der Waals surface area contributed by atoms with E-state index in [4.69, 9.17) is 9.15 Å². The zero-order valence-corrected chi connectivity index (χ0v) is 13.4. The fraction of sp³-hybridized carbons (Fsp3) is 0.167. The molecule has 0 aliphatic heterocycles. The zero-order valence-electron chi connectivity index (χ0n) is 13.4. The van der Waals surface area contributed by atoms with Crippen molar-refractivity contribution < 1.29 is 13.9 Å². The van der Waals surface area contributed by atoms with Crippen LogP contribution in [0.5, 0.6) is 5.75 Å². The molecule has 0 unspecified atom stereocenters. The molecule has 24 heavy (non-hydrogen) atoms. The molecule has 0 bridgehead atoms. The number of carbonyl (C=O) groups is 1. The van der Waals surface area contributed by atoms with Gasteiger partial charge in [-0.05, 0) is 25.1 Å². The van der Waals surface area contributed by atoms with Gasteiger partial charge in [0, 0.05) is 11.8 Å². The first kappa shape index (κ1) is 15.7. The summed E-state index contributed by atoms with van der Waals surface area (Å²) >= 11 is 0. The third kappa shape index (κ3) is 3.12. The van der Waals surface area contributed by atoms with Crippen LogP contribution in [0.3, 0.4) is 0 Å². The lowest BCUT2D eigenvalue weighted by atomic mass is 10.0. The summed E-state index contributed by atoms with van der Waals surface area (Å²) in [6.07, 6.45) is 2.94. The van der Waals surface area contributed by atoms with Gasteiger partial charge in [-0.25, -0.2) is 4.98 Å². The Morgan fingerprint density at radius 3 is 2.62 bits per heavy atom. The summed E-state index contributed by atoms with van der Waals surface area (Å²) in [5.74, 6) is 0.806. The lowest BCUT2D eigenvalue weighted by Gasteiger charge is -2.20. The number of benzene rings is 1. The fourth-order valence-corrected chi connectivity index (χ4v) is 2.49. The topological polar surface area (TPSA) is 77.2 Å². The summed E-state index contributed by atoms with van der Waals surface area (Å²) in [4.78, 5) is 20.9. The van der Waals surface area contributed by atoms with Gasteiger partial charge in [0.2, 0.25) is 0 Å². The molecule has 0 saturated carbocycles. The second kappa shape index (κ2) is 6.95. The van der Waals surface area contributed by atoms with Crippen molar-refractivity contribution >= 4 is 5.91 Å². The van der Waals surface area contributed by atoms with E-state index in [1.807, 2.05) is 42.5 Å². The molecule has 6 nitrogen and oxygen atoms in total. The Hall–Kier alpha value is -3.15. The summed E-state index contributed by atoms with van der Waals surface area (Å²) in [5.41, 5.74) is 1.77. The monoisotopic (exact) mass is 323 g/mol. The number of hydrogen-bond donors (Lipinski definition) is 1. The van der Waals surface area contributed by atoms with Crippen LogP contribution in [0.15, 0.2) is 59.5 Å². The molecule has 1 N–H and O–H groups in total. The number of aromatic nitrogens is 2. The lowest BCUT2D eigenvalue weighted by molar-refractivity contribution is 0.0936. The molecule has 0 radical (unpaired) electrons. The molecule has 0 aliphatic carbocycles. The number of pyridine rings is 1. The number of rotatable bonds is 5. The molecule has 122 valence electrons. The summed E-state index contributed by atoms with van der Waals surface area (Å²) in [6, 6.07) is 12.6. The Balaban J connectivity index is 2.00. The second-order valence-electron chi connectivity index (χ2n) is 5.16. The number of oxazole rings is 1. The minimum Gasteiger partial charge on any atom is -0.496 e. The van der Waals surface area contributed by atoms with E-state index in [9.17, 15) is 4.79 Å². The van der Waals surface area contributed by atoms with Crippen molar-refractivity contribution in [2.75, 3.05) is 7.11 Å².